The highest BCUT2D eigenvalue weighted by Gasteiger charge is 2.38. The maximum Gasteiger partial charge on any atom is 0.251 e. The molecule has 23 heavy (non-hydrogen) atoms. The number of benzene rings is 1. The van der Waals surface area contributed by atoms with Gasteiger partial charge in [0, 0.05) is 25.2 Å². The Bertz CT molecular complexity index is 557. The smallest absolute Gasteiger partial charge is 0.251 e. The molecule has 5 heteroatoms. The molecule has 0 aliphatic carbocycles. The minimum absolute atomic E-state index is 0.0232. The van der Waals surface area contributed by atoms with Gasteiger partial charge in [-0.2, -0.15) is 0 Å². The third-order valence-electron chi connectivity index (χ3n) is 5.22. The molecule has 0 bridgehead atoms. The first kappa shape index (κ1) is 16.0. The van der Waals surface area contributed by atoms with E-state index in [1.165, 1.54) is 6.42 Å². The molecule has 0 saturated carbocycles. The van der Waals surface area contributed by atoms with Crippen LogP contribution >= 0.6 is 0 Å². The fraction of sp³-hybridized carbons (Fsp3) is 0.556. The van der Waals surface area contributed by atoms with Gasteiger partial charge in [0.05, 0.1) is 0 Å². The van der Waals surface area contributed by atoms with E-state index in [9.17, 15) is 9.59 Å². The molecule has 2 N–H and O–H groups in total. The van der Waals surface area contributed by atoms with Gasteiger partial charge < -0.3 is 15.5 Å². The highest BCUT2D eigenvalue weighted by molar-refractivity contribution is 5.97. The lowest BCUT2D eigenvalue weighted by Gasteiger charge is -2.39. The number of rotatable bonds is 3. The number of hydrogen-bond donors (Lipinski definition) is 2. The summed E-state index contributed by atoms with van der Waals surface area (Å²) in [7, 11) is 0. The van der Waals surface area contributed by atoms with Crippen molar-refractivity contribution in [1.29, 1.82) is 0 Å². The van der Waals surface area contributed by atoms with Crippen LogP contribution in [-0.2, 0) is 4.79 Å². The van der Waals surface area contributed by atoms with E-state index in [0.29, 0.717) is 11.0 Å². The van der Waals surface area contributed by atoms with Gasteiger partial charge >= 0.3 is 0 Å². The van der Waals surface area contributed by atoms with Crippen LogP contribution in [-0.4, -0.2) is 48.9 Å². The van der Waals surface area contributed by atoms with Gasteiger partial charge in [-0.3, -0.25) is 9.59 Å². The van der Waals surface area contributed by atoms with Crippen LogP contribution in [0, 0.1) is 5.41 Å². The number of hydrogen-bond acceptors (Lipinski definition) is 3. The first-order chi connectivity index (χ1) is 11.1. The highest BCUT2D eigenvalue weighted by atomic mass is 16.2. The number of carbonyl (C=O) groups is 2. The third-order valence-corrected chi connectivity index (χ3v) is 5.22. The lowest BCUT2D eigenvalue weighted by molar-refractivity contribution is -0.135. The van der Waals surface area contributed by atoms with Crippen LogP contribution in [0.4, 0.5) is 0 Å². The standard InChI is InChI=1S/C18H25N3O2/c1-14(20-16(22)15-5-3-2-4-6-15)17(23)21-11-8-18(9-12-21)7-10-19-13-18/h2-6,14,19H,7-13H2,1H3,(H,20,22). The lowest BCUT2D eigenvalue weighted by Crippen LogP contribution is -2.51. The second-order valence-electron chi connectivity index (χ2n) is 6.81. The summed E-state index contributed by atoms with van der Waals surface area (Å²) < 4.78 is 0. The molecular formula is C18H25N3O2. The molecule has 5 nitrogen and oxygen atoms in total. The maximum atomic E-state index is 12.6. The lowest BCUT2D eigenvalue weighted by atomic mass is 9.78. The monoisotopic (exact) mass is 315 g/mol. The van der Waals surface area contributed by atoms with Crippen molar-refractivity contribution in [3.63, 3.8) is 0 Å². The van der Waals surface area contributed by atoms with Gasteiger partial charge in [0.2, 0.25) is 5.91 Å². The fourth-order valence-electron chi connectivity index (χ4n) is 3.63. The van der Waals surface area contributed by atoms with E-state index in [4.69, 9.17) is 0 Å². The molecule has 2 fully saturated rings. The van der Waals surface area contributed by atoms with Crippen molar-refractivity contribution in [3.05, 3.63) is 35.9 Å². The molecule has 1 aromatic carbocycles. The van der Waals surface area contributed by atoms with Crippen molar-refractivity contribution < 1.29 is 9.59 Å². The van der Waals surface area contributed by atoms with E-state index < -0.39 is 6.04 Å². The molecule has 0 radical (unpaired) electrons. The summed E-state index contributed by atoms with van der Waals surface area (Å²) >= 11 is 0. The molecule has 2 heterocycles. The average molecular weight is 315 g/mol. The number of piperidine rings is 1. The first-order valence-electron chi connectivity index (χ1n) is 8.45. The van der Waals surface area contributed by atoms with E-state index in [1.54, 1.807) is 19.1 Å². The first-order valence-corrected chi connectivity index (χ1v) is 8.45. The average Bonchev–Trinajstić information content (AvgIpc) is 3.03. The number of carbonyl (C=O) groups excluding carboxylic acids is 2. The van der Waals surface area contributed by atoms with Crippen LogP contribution in [0.3, 0.4) is 0 Å². The Morgan fingerprint density at radius 3 is 2.48 bits per heavy atom. The van der Waals surface area contributed by atoms with E-state index >= 15 is 0 Å². The van der Waals surface area contributed by atoms with Crippen molar-refractivity contribution in [3.8, 4) is 0 Å². The SMILES string of the molecule is CC(NC(=O)c1ccccc1)C(=O)N1CCC2(CCNC2)CC1. The predicted octanol–water partition coefficient (Wildman–Crippen LogP) is 1.41. The second kappa shape index (κ2) is 6.71. The molecule has 2 aliphatic heterocycles. The highest BCUT2D eigenvalue weighted by Crippen LogP contribution is 2.36. The van der Waals surface area contributed by atoms with Crippen molar-refractivity contribution >= 4 is 11.8 Å². The van der Waals surface area contributed by atoms with E-state index in [-0.39, 0.29) is 11.8 Å². The van der Waals surface area contributed by atoms with Crippen molar-refractivity contribution in [2.24, 2.45) is 5.41 Å². The quantitative estimate of drug-likeness (QED) is 0.886. The molecule has 0 aromatic heterocycles. The van der Waals surface area contributed by atoms with Crippen LogP contribution in [0.2, 0.25) is 0 Å². The summed E-state index contributed by atoms with van der Waals surface area (Å²) in [6.07, 6.45) is 3.34. The van der Waals surface area contributed by atoms with Crippen LogP contribution in [0.15, 0.2) is 30.3 Å². The molecule has 1 atom stereocenters. The minimum Gasteiger partial charge on any atom is -0.341 e. The maximum absolute atomic E-state index is 12.6. The Morgan fingerprint density at radius 1 is 1.17 bits per heavy atom. The van der Waals surface area contributed by atoms with E-state index in [0.717, 1.165) is 39.0 Å². The summed E-state index contributed by atoms with van der Waals surface area (Å²) in [4.78, 5) is 26.6. The van der Waals surface area contributed by atoms with Gasteiger partial charge in [-0.15, -0.1) is 0 Å². The second-order valence-corrected chi connectivity index (χ2v) is 6.81. The summed E-state index contributed by atoms with van der Waals surface area (Å²) in [6, 6.07) is 8.53. The Hall–Kier alpha value is -1.88. The predicted molar refractivity (Wildman–Crippen MR) is 89.1 cm³/mol. The van der Waals surface area contributed by atoms with Crippen molar-refractivity contribution in [1.82, 2.24) is 15.5 Å². The molecule has 2 aliphatic rings. The molecule has 1 spiro atoms. The van der Waals surface area contributed by atoms with Crippen molar-refractivity contribution in [2.75, 3.05) is 26.2 Å². The van der Waals surface area contributed by atoms with Gasteiger partial charge in [-0.25, -0.2) is 0 Å². The summed E-state index contributed by atoms with van der Waals surface area (Å²) in [5.41, 5.74) is 0.981. The van der Waals surface area contributed by atoms with Gasteiger partial charge in [-0.05, 0) is 50.3 Å². The third kappa shape index (κ3) is 3.55. The zero-order chi connectivity index (χ0) is 16.3. The van der Waals surface area contributed by atoms with Crippen LogP contribution in [0.5, 0.6) is 0 Å². The van der Waals surface area contributed by atoms with Crippen molar-refractivity contribution in [2.45, 2.75) is 32.2 Å². The number of nitrogens with one attached hydrogen (secondary N) is 2. The van der Waals surface area contributed by atoms with Gasteiger partial charge in [-0.1, -0.05) is 18.2 Å². The number of nitrogens with zero attached hydrogens (tertiary/aromatic N) is 1. The van der Waals surface area contributed by atoms with Crippen LogP contribution < -0.4 is 10.6 Å². The zero-order valence-electron chi connectivity index (χ0n) is 13.7. The Balaban J connectivity index is 1.53. The normalized spacial score (nSPS) is 21.2. The molecule has 2 amide bonds. The number of likely N-dealkylation sites (tertiary alicyclic amines) is 1. The largest absolute Gasteiger partial charge is 0.341 e. The topological polar surface area (TPSA) is 61.4 Å². The van der Waals surface area contributed by atoms with Gasteiger partial charge in [0.15, 0.2) is 0 Å². The van der Waals surface area contributed by atoms with Gasteiger partial charge in [0.1, 0.15) is 6.04 Å². The van der Waals surface area contributed by atoms with Crippen LogP contribution in [0.25, 0.3) is 0 Å². The van der Waals surface area contributed by atoms with Gasteiger partial charge in [0.25, 0.3) is 5.91 Å². The summed E-state index contributed by atoms with van der Waals surface area (Å²) in [5.74, 6) is -0.171. The number of amides is 2. The fourth-order valence-corrected chi connectivity index (χ4v) is 3.63. The summed E-state index contributed by atoms with van der Waals surface area (Å²) in [6.45, 7) is 5.54. The summed E-state index contributed by atoms with van der Waals surface area (Å²) in [5, 5.41) is 6.25. The molecule has 1 unspecified atom stereocenters. The Morgan fingerprint density at radius 2 is 1.87 bits per heavy atom. The Labute approximate surface area is 137 Å². The van der Waals surface area contributed by atoms with Crippen LogP contribution in [0.1, 0.15) is 36.5 Å². The minimum atomic E-state index is -0.488. The van der Waals surface area contributed by atoms with E-state index in [1.807, 2.05) is 23.1 Å². The molecule has 1 aromatic rings. The molecular weight excluding hydrogens is 290 g/mol. The Kier molecular flexibility index (Phi) is 4.66. The molecule has 2 saturated heterocycles. The van der Waals surface area contributed by atoms with E-state index in [2.05, 4.69) is 10.6 Å². The molecule has 3 rings (SSSR count). The molecule has 124 valence electrons. The zero-order valence-corrected chi connectivity index (χ0v) is 13.7.